The lowest BCUT2D eigenvalue weighted by Crippen LogP contribution is -2.31. The van der Waals surface area contributed by atoms with Crippen molar-refractivity contribution in [3.05, 3.63) is 71.9 Å². The standard InChI is InChI=1S/C18H18N2/c1-14-18(16-9-5-3-6-10-16)13-19-15(2)20(14)17-11-7-4-8-12-17/h3-12H,13H2,1-2H3. The molecule has 0 bridgehead atoms. The van der Waals surface area contributed by atoms with Crippen LogP contribution in [-0.4, -0.2) is 12.4 Å². The van der Waals surface area contributed by atoms with Gasteiger partial charge in [0, 0.05) is 17.0 Å². The van der Waals surface area contributed by atoms with Gasteiger partial charge in [-0.1, -0.05) is 48.5 Å². The largest absolute Gasteiger partial charge is 0.303 e. The van der Waals surface area contributed by atoms with E-state index in [-0.39, 0.29) is 0 Å². The number of anilines is 1. The topological polar surface area (TPSA) is 15.6 Å². The van der Waals surface area contributed by atoms with Crippen LogP contribution in [0.5, 0.6) is 0 Å². The van der Waals surface area contributed by atoms with Gasteiger partial charge in [-0.05, 0) is 31.5 Å². The molecule has 0 atom stereocenters. The van der Waals surface area contributed by atoms with Gasteiger partial charge < -0.3 is 4.90 Å². The van der Waals surface area contributed by atoms with Crippen LogP contribution in [0.1, 0.15) is 19.4 Å². The molecule has 0 fully saturated rings. The Kier molecular flexibility index (Phi) is 3.38. The van der Waals surface area contributed by atoms with Crippen molar-refractivity contribution in [2.45, 2.75) is 13.8 Å². The maximum absolute atomic E-state index is 4.68. The van der Waals surface area contributed by atoms with E-state index < -0.39 is 0 Å². The van der Waals surface area contributed by atoms with Crippen LogP contribution < -0.4 is 4.90 Å². The zero-order chi connectivity index (χ0) is 13.9. The molecule has 0 spiro atoms. The third-order valence-corrected chi connectivity index (χ3v) is 3.70. The highest BCUT2D eigenvalue weighted by molar-refractivity contribution is 6.03. The summed E-state index contributed by atoms with van der Waals surface area (Å²) in [5, 5.41) is 0. The number of nitrogens with zero attached hydrogens (tertiary/aromatic N) is 2. The van der Waals surface area contributed by atoms with Gasteiger partial charge in [0.25, 0.3) is 0 Å². The van der Waals surface area contributed by atoms with Crippen LogP contribution in [0.15, 0.2) is 71.4 Å². The molecular formula is C18H18N2. The third kappa shape index (κ3) is 2.25. The Balaban J connectivity index is 2.07. The minimum atomic E-state index is 0.755. The molecule has 0 aromatic heterocycles. The Morgan fingerprint density at radius 2 is 1.45 bits per heavy atom. The summed E-state index contributed by atoms with van der Waals surface area (Å²) >= 11 is 0. The van der Waals surface area contributed by atoms with Crippen LogP contribution in [0.3, 0.4) is 0 Å². The second-order valence-electron chi connectivity index (χ2n) is 4.96. The van der Waals surface area contributed by atoms with Crippen LogP contribution in [0.25, 0.3) is 5.57 Å². The van der Waals surface area contributed by atoms with Gasteiger partial charge in [0.1, 0.15) is 5.84 Å². The van der Waals surface area contributed by atoms with Crippen molar-refractivity contribution in [2.75, 3.05) is 11.4 Å². The normalized spacial score (nSPS) is 15.3. The van der Waals surface area contributed by atoms with Crippen molar-refractivity contribution >= 4 is 17.1 Å². The zero-order valence-electron chi connectivity index (χ0n) is 11.9. The maximum atomic E-state index is 4.68. The molecule has 0 unspecified atom stereocenters. The van der Waals surface area contributed by atoms with E-state index in [1.807, 2.05) is 12.1 Å². The lowest BCUT2D eigenvalue weighted by molar-refractivity contribution is 1.08. The Morgan fingerprint density at radius 1 is 0.850 bits per heavy atom. The summed E-state index contributed by atoms with van der Waals surface area (Å²) < 4.78 is 0. The van der Waals surface area contributed by atoms with Crippen molar-refractivity contribution in [1.29, 1.82) is 0 Å². The number of hydrogen-bond acceptors (Lipinski definition) is 2. The van der Waals surface area contributed by atoms with E-state index in [2.05, 4.69) is 72.3 Å². The predicted octanol–water partition coefficient (Wildman–Crippen LogP) is 4.36. The Labute approximate surface area is 120 Å². The summed E-state index contributed by atoms with van der Waals surface area (Å²) in [6.07, 6.45) is 0. The molecule has 0 saturated heterocycles. The minimum absolute atomic E-state index is 0.755. The van der Waals surface area contributed by atoms with E-state index in [0.29, 0.717) is 0 Å². The molecule has 1 heterocycles. The van der Waals surface area contributed by atoms with Crippen molar-refractivity contribution in [2.24, 2.45) is 4.99 Å². The number of benzene rings is 2. The molecule has 3 rings (SSSR count). The Morgan fingerprint density at radius 3 is 2.10 bits per heavy atom. The molecule has 0 radical (unpaired) electrons. The average Bonchev–Trinajstić information content (AvgIpc) is 2.49. The first-order valence-corrected chi connectivity index (χ1v) is 6.89. The summed E-state index contributed by atoms with van der Waals surface area (Å²) in [6, 6.07) is 20.9. The number of hydrogen-bond donors (Lipinski definition) is 0. The van der Waals surface area contributed by atoms with Gasteiger partial charge in [-0.3, -0.25) is 4.99 Å². The zero-order valence-corrected chi connectivity index (χ0v) is 11.9. The van der Waals surface area contributed by atoms with E-state index in [9.17, 15) is 0 Å². The first-order valence-electron chi connectivity index (χ1n) is 6.89. The summed E-state index contributed by atoms with van der Waals surface area (Å²) in [6.45, 7) is 5.00. The van der Waals surface area contributed by atoms with Crippen LogP contribution in [0.2, 0.25) is 0 Å². The van der Waals surface area contributed by atoms with Gasteiger partial charge in [-0.15, -0.1) is 0 Å². The minimum Gasteiger partial charge on any atom is -0.303 e. The van der Waals surface area contributed by atoms with E-state index in [4.69, 9.17) is 0 Å². The molecule has 1 aliphatic rings. The Hall–Kier alpha value is -2.35. The summed E-state index contributed by atoms with van der Waals surface area (Å²) in [4.78, 5) is 6.91. The number of rotatable bonds is 2. The number of amidine groups is 1. The highest BCUT2D eigenvalue weighted by Crippen LogP contribution is 2.29. The van der Waals surface area contributed by atoms with E-state index in [1.54, 1.807) is 0 Å². The number of allylic oxidation sites excluding steroid dienone is 1. The molecule has 0 amide bonds. The van der Waals surface area contributed by atoms with Gasteiger partial charge in [0.15, 0.2) is 0 Å². The molecule has 20 heavy (non-hydrogen) atoms. The summed E-state index contributed by atoms with van der Waals surface area (Å²) in [5.74, 6) is 1.05. The fourth-order valence-corrected chi connectivity index (χ4v) is 2.65. The van der Waals surface area contributed by atoms with Gasteiger partial charge in [-0.2, -0.15) is 0 Å². The van der Waals surface area contributed by atoms with Crippen LogP contribution in [0.4, 0.5) is 5.69 Å². The third-order valence-electron chi connectivity index (χ3n) is 3.70. The highest BCUT2D eigenvalue weighted by Gasteiger charge is 2.20. The van der Waals surface area contributed by atoms with Gasteiger partial charge in [-0.25, -0.2) is 0 Å². The van der Waals surface area contributed by atoms with Crippen molar-refractivity contribution in [1.82, 2.24) is 0 Å². The summed E-state index contributed by atoms with van der Waals surface area (Å²) in [7, 11) is 0. The first kappa shape index (κ1) is 12.7. The highest BCUT2D eigenvalue weighted by atomic mass is 15.2. The van der Waals surface area contributed by atoms with Crippen LogP contribution >= 0.6 is 0 Å². The molecule has 0 aliphatic carbocycles. The molecule has 0 N–H and O–H groups in total. The van der Waals surface area contributed by atoms with Crippen molar-refractivity contribution in [3.63, 3.8) is 0 Å². The first-order chi connectivity index (χ1) is 9.77. The number of para-hydroxylation sites is 1. The molecule has 2 aromatic rings. The Bertz CT molecular complexity index is 654. The molecule has 1 aliphatic heterocycles. The monoisotopic (exact) mass is 262 g/mol. The van der Waals surface area contributed by atoms with E-state index >= 15 is 0 Å². The van der Waals surface area contributed by atoms with Crippen LogP contribution in [-0.2, 0) is 0 Å². The van der Waals surface area contributed by atoms with Crippen molar-refractivity contribution < 1.29 is 0 Å². The fraction of sp³-hybridized carbons (Fsp3) is 0.167. The molecule has 100 valence electrons. The predicted molar refractivity (Wildman–Crippen MR) is 85.9 cm³/mol. The van der Waals surface area contributed by atoms with Gasteiger partial charge in [0.2, 0.25) is 0 Å². The smallest absolute Gasteiger partial charge is 0.105 e. The lowest BCUT2D eigenvalue weighted by atomic mass is 10.0. The van der Waals surface area contributed by atoms with Crippen LogP contribution in [0, 0.1) is 0 Å². The second kappa shape index (κ2) is 5.33. The molecular weight excluding hydrogens is 244 g/mol. The number of aliphatic imine (C=N–C) groups is 1. The average molecular weight is 262 g/mol. The molecule has 2 aromatic carbocycles. The van der Waals surface area contributed by atoms with E-state index in [0.717, 1.165) is 12.4 Å². The molecule has 2 heteroatoms. The fourth-order valence-electron chi connectivity index (χ4n) is 2.65. The maximum Gasteiger partial charge on any atom is 0.105 e. The van der Waals surface area contributed by atoms with Gasteiger partial charge in [0.05, 0.1) is 6.54 Å². The summed E-state index contributed by atoms with van der Waals surface area (Å²) in [5.41, 5.74) is 4.97. The van der Waals surface area contributed by atoms with E-state index in [1.165, 1.54) is 22.5 Å². The second-order valence-corrected chi connectivity index (χ2v) is 4.96. The lowest BCUT2D eigenvalue weighted by Gasteiger charge is -2.31. The molecule has 2 nitrogen and oxygen atoms in total. The van der Waals surface area contributed by atoms with Crippen molar-refractivity contribution in [3.8, 4) is 0 Å². The van der Waals surface area contributed by atoms with Gasteiger partial charge >= 0.3 is 0 Å². The SMILES string of the molecule is CC1=NCC(c2ccccc2)=C(C)N1c1ccccc1. The molecule has 0 saturated carbocycles. The quantitative estimate of drug-likeness (QED) is 0.785.